The van der Waals surface area contributed by atoms with Gasteiger partial charge in [-0.3, -0.25) is 9.99 Å². The Labute approximate surface area is 268 Å². The van der Waals surface area contributed by atoms with Crippen molar-refractivity contribution in [3.63, 3.8) is 0 Å². The van der Waals surface area contributed by atoms with E-state index >= 15 is 0 Å². The Hall–Kier alpha value is -4.53. The number of halogens is 5. The summed E-state index contributed by atoms with van der Waals surface area (Å²) in [6, 6.07) is 15.8. The van der Waals surface area contributed by atoms with Gasteiger partial charge in [0.2, 0.25) is 5.95 Å². The van der Waals surface area contributed by atoms with Crippen LogP contribution in [0.5, 0.6) is 0 Å². The lowest BCUT2D eigenvalue weighted by Gasteiger charge is -2.28. The number of anilines is 2. The lowest BCUT2D eigenvalue weighted by Crippen LogP contribution is -2.52. The van der Waals surface area contributed by atoms with Crippen LogP contribution in [0.25, 0.3) is 10.9 Å². The van der Waals surface area contributed by atoms with Crippen molar-refractivity contribution in [1.82, 2.24) is 25.9 Å². The number of nitrogens with one attached hydrogen (secondary N) is 4. The molecule has 0 spiro atoms. The van der Waals surface area contributed by atoms with E-state index in [0.717, 1.165) is 23.4 Å². The summed E-state index contributed by atoms with van der Waals surface area (Å²) >= 11 is 6.82. The summed E-state index contributed by atoms with van der Waals surface area (Å²) in [7, 11) is 0. The number of fused-ring (bicyclic) bond motifs is 1. The number of rotatable bonds is 9. The Bertz CT molecular complexity index is 1880. The van der Waals surface area contributed by atoms with Gasteiger partial charge in [0.1, 0.15) is 0 Å². The second-order valence-electron chi connectivity index (χ2n) is 12.0. The zero-order valence-corrected chi connectivity index (χ0v) is 25.5. The number of aryl methyl sites for hydroxylation is 1. The van der Waals surface area contributed by atoms with E-state index in [0.29, 0.717) is 55.7 Å². The SMILES string of the molecule is C#Cc1cnc2c(Cl)cc(N[C@H](C3=CN(C4(C(F)(F)F)CC4)NN3)c3ccc(F)nc3C)cc2c1N[C@@H](c1ccccc1)C1CC1. The van der Waals surface area contributed by atoms with Gasteiger partial charge in [0, 0.05) is 34.7 Å². The van der Waals surface area contributed by atoms with Crippen LogP contribution >= 0.6 is 11.6 Å². The van der Waals surface area contributed by atoms with E-state index in [1.165, 1.54) is 12.3 Å². The van der Waals surface area contributed by atoms with E-state index in [2.05, 4.69) is 49.6 Å². The number of hydrogen-bond donors (Lipinski definition) is 4. The molecule has 2 saturated carbocycles. The molecule has 2 aromatic heterocycles. The van der Waals surface area contributed by atoms with Crippen molar-refractivity contribution in [2.75, 3.05) is 10.6 Å². The minimum absolute atomic E-state index is 0.0169. The van der Waals surface area contributed by atoms with E-state index < -0.39 is 23.7 Å². The van der Waals surface area contributed by atoms with Gasteiger partial charge in [-0.1, -0.05) is 53.9 Å². The maximum Gasteiger partial charge on any atom is 0.413 e. The Morgan fingerprint density at radius 1 is 1.11 bits per heavy atom. The van der Waals surface area contributed by atoms with Gasteiger partial charge in [0.25, 0.3) is 0 Å². The third-order valence-electron chi connectivity index (χ3n) is 8.96. The second kappa shape index (κ2) is 11.4. The molecule has 0 unspecified atom stereocenters. The van der Waals surface area contributed by atoms with Crippen molar-refractivity contribution >= 4 is 33.9 Å². The molecule has 236 valence electrons. The molecule has 0 bridgehead atoms. The molecule has 2 fully saturated rings. The van der Waals surface area contributed by atoms with Crippen molar-refractivity contribution in [1.29, 1.82) is 0 Å². The molecule has 7 nitrogen and oxygen atoms in total. The fourth-order valence-electron chi connectivity index (χ4n) is 6.15. The van der Waals surface area contributed by atoms with Gasteiger partial charge in [-0.2, -0.15) is 17.6 Å². The summed E-state index contributed by atoms with van der Waals surface area (Å²) in [6.07, 6.45) is 6.65. The molecule has 2 aliphatic carbocycles. The minimum Gasteiger partial charge on any atom is -0.376 e. The molecule has 0 amide bonds. The van der Waals surface area contributed by atoms with Gasteiger partial charge in [-0.05, 0) is 62.3 Å². The largest absolute Gasteiger partial charge is 0.413 e. The second-order valence-corrected chi connectivity index (χ2v) is 12.4. The molecule has 46 heavy (non-hydrogen) atoms. The topological polar surface area (TPSA) is 77.1 Å². The lowest BCUT2D eigenvalue weighted by atomic mass is 9.99. The molecule has 0 saturated heterocycles. The summed E-state index contributed by atoms with van der Waals surface area (Å²) in [5.74, 6) is 2.52. The predicted octanol–water partition coefficient (Wildman–Crippen LogP) is 7.69. The third-order valence-corrected chi connectivity index (χ3v) is 9.25. The number of aromatic nitrogens is 2. The quantitative estimate of drug-likeness (QED) is 0.0843. The average molecular weight is 648 g/mol. The fourth-order valence-corrected chi connectivity index (χ4v) is 6.42. The number of pyridine rings is 2. The van der Waals surface area contributed by atoms with Crippen LogP contribution in [0.15, 0.2) is 72.7 Å². The molecule has 4 aromatic rings. The van der Waals surface area contributed by atoms with Crippen LogP contribution in [-0.4, -0.2) is 26.7 Å². The zero-order valence-electron chi connectivity index (χ0n) is 24.7. The predicted molar refractivity (Wildman–Crippen MR) is 170 cm³/mol. The zero-order chi connectivity index (χ0) is 32.2. The lowest BCUT2D eigenvalue weighted by molar-refractivity contribution is -0.195. The Morgan fingerprint density at radius 3 is 2.52 bits per heavy atom. The average Bonchev–Trinajstić information content (AvgIpc) is 3.97. The number of nitrogens with zero attached hydrogens (tertiary/aromatic N) is 3. The molecule has 12 heteroatoms. The molecular formula is C34H30ClF4N7. The highest BCUT2D eigenvalue weighted by Gasteiger charge is 2.67. The smallest absolute Gasteiger partial charge is 0.376 e. The summed E-state index contributed by atoms with van der Waals surface area (Å²) in [4.78, 5) is 8.53. The van der Waals surface area contributed by atoms with Crippen LogP contribution < -0.4 is 21.6 Å². The summed E-state index contributed by atoms with van der Waals surface area (Å²) in [5, 5.41) is 9.21. The number of benzene rings is 2. The van der Waals surface area contributed by atoms with E-state index in [-0.39, 0.29) is 18.9 Å². The van der Waals surface area contributed by atoms with Gasteiger partial charge in [-0.25, -0.2) is 4.98 Å². The van der Waals surface area contributed by atoms with Crippen LogP contribution in [0, 0.1) is 31.1 Å². The van der Waals surface area contributed by atoms with Crippen LogP contribution in [0.1, 0.15) is 60.2 Å². The fraction of sp³-hybridized carbons (Fsp3) is 0.294. The van der Waals surface area contributed by atoms with Gasteiger partial charge in [0.15, 0.2) is 5.54 Å². The molecule has 1 aliphatic heterocycles. The maximum absolute atomic E-state index is 14.0. The molecule has 7 rings (SSSR count). The Kier molecular flexibility index (Phi) is 7.45. The number of hydrazine groups is 2. The monoisotopic (exact) mass is 647 g/mol. The van der Waals surface area contributed by atoms with Crippen molar-refractivity contribution < 1.29 is 17.6 Å². The highest BCUT2D eigenvalue weighted by molar-refractivity contribution is 6.35. The van der Waals surface area contributed by atoms with Gasteiger partial charge in [-0.15, -0.1) is 12.0 Å². The molecule has 0 radical (unpaired) electrons. The van der Waals surface area contributed by atoms with Gasteiger partial charge >= 0.3 is 6.18 Å². The van der Waals surface area contributed by atoms with Gasteiger partial charge < -0.3 is 16.1 Å². The number of alkyl halides is 3. The highest BCUT2D eigenvalue weighted by atomic mass is 35.5. The first kappa shape index (κ1) is 30.1. The first-order chi connectivity index (χ1) is 22.1. The molecular weight excluding hydrogens is 618 g/mol. The molecule has 2 atom stereocenters. The van der Waals surface area contributed by atoms with Crippen molar-refractivity contribution in [2.24, 2.45) is 5.92 Å². The highest BCUT2D eigenvalue weighted by Crippen LogP contribution is 2.54. The summed E-state index contributed by atoms with van der Waals surface area (Å²) in [6.45, 7) is 1.64. The standard InChI is InChI=1S/C34H30ClF4N7/c1-3-20-17-40-31-25(30(20)43-29(22-9-10-22)21-7-5-4-6-8-21)15-23(16-26(31)35)42-32(24-11-12-28(36)41-19(24)2)27-18-46(45-44-27)33(13-14-33)34(37,38)39/h1,4-8,11-12,15-18,22,29,32,42,44-45H,9-10,13-14H2,2H3,(H,40,43)/t29-,32-/m0/s1. The van der Waals surface area contributed by atoms with E-state index in [9.17, 15) is 17.6 Å². The normalized spacial score (nSPS) is 18.4. The molecule has 3 heterocycles. The van der Waals surface area contributed by atoms with Crippen LogP contribution in [0.2, 0.25) is 5.02 Å². The molecule has 3 aliphatic rings. The first-order valence-electron chi connectivity index (χ1n) is 15.0. The van der Waals surface area contributed by atoms with E-state index in [1.54, 1.807) is 25.3 Å². The van der Waals surface area contributed by atoms with Gasteiger partial charge in [0.05, 0.1) is 39.6 Å². The van der Waals surface area contributed by atoms with Crippen molar-refractivity contribution in [3.8, 4) is 12.3 Å². The van der Waals surface area contributed by atoms with E-state index in [4.69, 9.17) is 18.0 Å². The first-order valence-corrected chi connectivity index (χ1v) is 15.3. The van der Waals surface area contributed by atoms with Crippen LogP contribution in [0.3, 0.4) is 0 Å². The summed E-state index contributed by atoms with van der Waals surface area (Å²) < 4.78 is 55.9. The molecule has 2 aromatic carbocycles. The maximum atomic E-state index is 14.0. The van der Waals surface area contributed by atoms with Crippen LogP contribution in [-0.2, 0) is 0 Å². The van der Waals surface area contributed by atoms with Crippen LogP contribution in [0.4, 0.5) is 28.9 Å². The number of terminal acetylenes is 1. The minimum atomic E-state index is -4.43. The molecule has 4 N–H and O–H groups in total. The number of hydrogen-bond acceptors (Lipinski definition) is 7. The summed E-state index contributed by atoms with van der Waals surface area (Å²) in [5.41, 5.74) is 8.39. The Morgan fingerprint density at radius 2 is 1.87 bits per heavy atom. The Balaban J connectivity index is 1.30. The van der Waals surface area contributed by atoms with Crippen molar-refractivity contribution in [2.45, 2.75) is 56.4 Å². The third kappa shape index (κ3) is 5.46. The van der Waals surface area contributed by atoms with E-state index in [1.807, 2.05) is 24.3 Å². The van der Waals surface area contributed by atoms with Crippen molar-refractivity contribution in [3.05, 3.63) is 106 Å².